The Balaban J connectivity index is 4.96. The SMILES string of the molecule is CCC(C)(CC(C)(C)NC)C(C=O)NC(C)=O. The molecule has 4 heteroatoms. The molecule has 0 aliphatic carbocycles. The molecule has 0 aliphatic heterocycles. The van der Waals surface area contributed by atoms with Crippen molar-refractivity contribution in [3.63, 3.8) is 0 Å². The van der Waals surface area contributed by atoms with E-state index in [2.05, 4.69) is 24.5 Å². The highest BCUT2D eigenvalue weighted by Gasteiger charge is 2.37. The van der Waals surface area contributed by atoms with Crippen LogP contribution in [0.2, 0.25) is 0 Å². The fourth-order valence-corrected chi connectivity index (χ4v) is 2.14. The highest BCUT2D eigenvalue weighted by Crippen LogP contribution is 2.34. The Hall–Kier alpha value is -0.900. The van der Waals surface area contributed by atoms with Crippen molar-refractivity contribution in [2.24, 2.45) is 5.41 Å². The van der Waals surface area contributed by atoms with Crippen LogP contribution in [-0.4, -0.2) is 30.8 Å². The third-order valence-corrected chi connectivity index (χ3v) is 3.58. The van der Waals surface area contributed by atoms with Crippen LogP contribution in [-0.2, 0) is 9.59 Å². The van der Waals surface area contributed by atoms with E-state index in [9.17, 15) is 9.59 Å². The smallest absolute Gasteiger partial charge is 0.217 e. The second kappa shape index (κ2) is 6.15. The molecule has 4 nitrogen and oxygen atoms in total. The maximum atomic E-state index is 11.2. The minimum Gasteiger partial charge on any atom is -0.346 e. The van der Waals surface area contributed by atoms with Gasteiger partial charge in [0.25, 0.3) is 0 Å². The van der Waals surface area contributed by atoms with E-state index in [0.717, 1.165) is 19.1 Å². The van der Waals surface area contributed by atoms with Crippen molar-refractivity contribution >= 4 is 12.2 Å². The standard InChI is InChI=1S/C13H26N2O2/c1-7-13(5,9-12(3,4)14-6)11(8-16)15-10(2)17/h8,11,14H,7,9H2,1-6H3,(H,15,17). The summed E-state index contributed by atoms with van der Waals surface area (Å²) in [6.45, 7) is 9.72. The van der Waals surface area contributed by atoms with Gasteiger partial charge in [0, 0.05) is 12.5 Å². The Labute approximate surface area is 105 Å². The summed E-state index contributed by atoms with van der Waals surface area (Å²) in [5.41, 5.74) is -0.301. The molecule has 0 heterocycles. The zero-order valence-electron chi connectivity index (χ0n) is 11.9. The molecule has 0 aromatic rings. The predicted octanol–water partition coefficient (Wildman–Crippen LogP) is 1.49. The molecule has 0 aliphatic rings. The van der Waals surface area contributed by atoms with E-state index < -0.39 is 6.04 Å². The molecule has 2 unspecified atom stereocenters. The summed E-state index contributed by atoms with van der Waals surface area (Å²) in [6, 6.07) is -0.433. The maximum Gasteiger partial charge on any atom is 0.217 e. The maximum absolute atomic E-state index is 11.2. The minimum absolute atomic E-state index is 0.0650. The first-order chi connectivity index (χ1) is 7.70. The Kier molecular flexibility index (Phi) is 5.82. The van der Waals surface area contributed by atoms with Gasteiger partial charge in [0.15, 0.2) is 0 Å². The van der Waals surface area contributed by atoms with Crippen LogP contribution in [0.15, 0.2) is 0 Å². The van der Waals surface area contributed by atoms with Crippen molar-refractivity contribution in [2.75, 3.05) is 7.05 Å². The van der Waals surface area contributed by atoms with Gasteiger partial charge < -0.3 is 15.4 Å². The average molecular weight is 242 g/mol. The molecule has 1 amide bonds. The monoisotopic (exact) mass is 242 g/mol. The second-order valence-electron chi connectivity index (χ2n) is 5.63. The van der Waals surface area contributed by atoms with Crippen LogP contribution >= 0.6 is 0 Å². The van der Waals surface area contributed by atoms with Gasteiger partial charge in [-0.25, -0.2) is 0 Å². The van der Waals surface area contributed by atoms with Crippen LogP contribution < -0.4 is 10.6 Å². The average Bonchev–Trinajstić information content (AvgIpc) is 2.24. The Morgan fingerprint density at radius 2 is 1.88 bits per heavy atom. The number of carbonyl (C=O) groups is 2. The van der Waals surface area contributed by atoms with Crippen LogP contribution in [0.1, 0.15) is 47.5 Å². The van der Waals surface area contributed by atoms with Crippen LogP contribution in [0.25, 0.3) is 0 Å². The third kappa shape index (κ3) is 4.86. The van der Waals surface area contributed by atoms with Crippen molar-refractivity contribution in [3.8, 4) is 0 Å². The van der Waals surface area contributed by atoms with E-state index in [1.165, 1.54) is 6.92 Å². The molecule has 0 bridgehead atoms. The third-order valence-electron chi connectivity index (χ3n) is 3.58. The molecule has 100 valence electrons. The van der Waals surface area contributed by atoms with Gasteiger partial charge in [-0.2, -0.15) is 0 Å². The molecule has 0 saturated carbocycles. The fourth-order valence-electron chi connectivity index (χ4n) is 2.14. The van der Waals surface area contributed by atoms with Gasteiger partial charge in [-0.1, -0.05) is 13.8 Å². The number of amides is 1. The van der Waals surface area contributed by atoms with Gasteiger partial charge in [-0.05, 0) is 39.2 Å². The predicted molar refractivity (Wildman–Crippen MR) is 69.8 cm³/mol. The summed E-state index contributed by atoms with van der Waals surface area (Å²) in [7, 11) is 1.91. The number of nitrogens with one attached hydrogen (secondary N) is 2. The highest BCUT2D eigenvalue weighted by molar-refractivity contribution is 5.77. The largest absolute Gasteiger partial charge is 0.346 e. The number of hydrogen-bond acceptors (Lipinski definition) is 3. The van der Waals surface area contributed by atoms with E-state index in [1.54, 1.807) is 0 Å². The van der Waals surface area contributed by atoms with E-state index >= 15 is 0 Å². The van der Waals surface area contributed by atoms with E-state index in [0.29, 0.717) is 0 Å². The number of carbonyl (C=O) groups excluding carboxylic acids is 2. The van der Waals surface area contributed by atoms with E-state index in [-0.39, 0.29) is 16.9 Å². The normalized spacial score (nSPS) is 17.1. The fraction of sp³-hybridized carbons (Fsp3) is 0.846. The van der Waals surface area contributed by atoms with Gasteiger partial charge in [-0.3, -0.25) is 4.79 Å². The molecular formula is C13H26N2O2. The Morgan fingerprint density at radius 3 is 2.18 bits per heavy atom. The molecule has 0 spiro atoms. The first kappa shape index (κ1) is 16.1. The summed E-state index contributed by atoms with van der Waals surface area (Å²) in [5.74, 6) is -0.163. The van der Waals surface area contributed by atoms with Crippen molar-refractivity contribution in [1.29, 1.82) is 0 Å². The zero-order chi connectivity index (χ0) is 13.7. The van der Waals surface area contributed by atoms with Gasteiger partial charge in [0.1, 0.15) is 6.29 Å². The first-order valence-corrected chi connectivity index (χ1v) is 6.12. The summed E-state index contributed by atoms with van der Waals surface area (Å²) < 4.78 is 0. The molecule has 2 N–H and O–H groups in total. The van der Waals surface area contributed by atoms with Gasteiger partial charge in [0.2, 0.25) is 5.91 Å². The van der Waals surface area contributed by atoms with E-state index in [4.69, 9.17) is 0 Å². The quantitative estimate of drug-likeness (QED) is 0.665. The van der Waals surface area contributed by atoms with Gasteiger partial charge in [0.05, 0.1) is 6.04 Å². The lowest BCUT2D eigenvalue weighted by Gasteiger charge is -2.40. The summed E-state index contributed by atoms with van der Waals surface area (Å²) in [5, 5.41) is 5.97. The molecule has 17 heavy (non-hydrogen) atoms. The number of hydrogen-bond donors (Lipinski definition) is 2. The van der Waals surface area contributed by atoms with Crippen LogP contribution in [0, 0.1) is 5.41 Å². The Morgan fingerprint density at radius 1 is 1.35 bits per heavy atom. The van der Waals surface area contributed by atoms with Crippen molar-refractivity contribution in [3.05, 3.63) is 0 Å². The first-order valence-electron chi connectivity index (χ1n) is 6.12. The molecule has 2 atom stereocenters. The molecule has 0 aromatic carbocycles. The summed E-state index contributed by atoms with van der Waals surface area (Å²) in [4.78, 5) is 22.3. The second-order valence-corrected chi connectivity index (χ2v) is 5.63. The number of rotatable bonds is 7. The lowest BCUT2D eigenvalue weighted by molar-refractivity contribution is -0.124. The zero-order valence-corrected chi connectivity index (χ0v) is 11.9. The lowest BCUT2D eigenvalue weighted by Crippen LogP contribution is -2.51. The molecular weight excluding hydrogens is 216 g/mol. The summed E-state index contributed by atoms with van der Waals surface area (Å²) in [6.07, 6.45) is 2.50. The van der Waals surface area contributed by atoms with Gasteiger partial charge >= 0.3 is 0 Å². The van der Waals surface area contributed by atoms with Crippen LogP contribution in [0.5, 0.6) is 0 Å². The molecule has 0 rings (SSSR count). The van der Waals surface area contributed by atoms with E-state index in [1.807, 2.05) is 20.9 Å². The van der Waals surface area contributed by atoms with Crippen LogP contribution in [0.3, 0.4) is 0 Å². The highest BCUT2D eigenvalue weighted by atomic mass is 16.2. The van der Waals surface area contributed by atoms with Crippen molar-refractivity contribution < 1.29 is 9.59 Å². The minimum atomic E-state index is -0.433. The number of aldehydes is 1. The van der Waals surface area contributed by atoms with Crippen molar-refractivity contribution in [1.82, 2.24) is 10.6 Å². The molecule has 0 saturated heterocycles. The van der Waals surface area contributed by atoms with Crippen molar-refractivity contribution in [2.45, 2.75) is 59.0 Å². The molecule has 0 radical (unpaired) electrons. The molecule has 0 fully saturated rings. The Bertz CT molecular complexity index is 277. The molecule has 0 aromatic heterocycles. The summed E-state index contributed by atoms with van der Waals surface area (Å²) >= 11 is 0. The lowest BCUT2D eigenvalue weighted by atomic mass is 9.71. The topological polar surface area (TPSA) is 58.2 Å². The van der Waals surface area contributed by atoms with Crippen LogP contribution in [0.4, 0.5) is 0 Å². The van der Waals surface area contributed by atoms with Gasteiger partial charge in [-0.15, -0.1) is 0 Å².